The van der Waals surface area contributed by atoms with Gasteiger partial charge in [0.05, 0.1) is 34.1 Å². The van der Waals surface area contributed by atoms with Crippen LogP contribution in [0.1, 0.15) is 33.4 Å². The lowest BCUT2D eigenvalue weighted by Gasteiger charge is -2.36. The fourth-order valence-electron chi connectivity index (χ4n) is 6.05. The van der Waals surface area contributed by atoms with Crippen molar-refractivity contribution in [1.29, 1.82) is 0 Å². The van der Waals surface area contributed by atoms with E-state index in [0.717, 1.165) is 9.80 Å². The molecular formula is C36H20F8N2. The first-order valence-electron chi connectivity index (χ1n) is 14.0. The van der Waals surface area contributed by atoms with Crippen molar-refractivity contribution in [2.75, 3.05) is 9.80 Å². The SMILES string of the molecule is Fc1c(F)c(C(F)(F)F)c(N2c3ccccc3C=Cc3ccccc32)c(C(F)(F)F)c1N1c2ccccc2C=Cc2ccccc21. The van der Waals surface area contributed by atoms with Crippen molar-refractivity contribution in [2.45, 2.75) is 12.4 Å². The Hall–Kier alpha value is -5.38. The number of anilines is 6. The maximum atomic E-state index is 16.4. The van der Waals surface area contributed by atoms with E-state index >= 15 is 22.0 Å². The van der Waals surface area contributed by atoms with E-state index < -0.39 is 46.5 Å². The molecule has 7 rings (SSSR count). The minimum atomic E-state index is -5.74. The van der Waals surface area contributed by atoms with Gasteiger partial charge in [-0.3, -0.25) is 0 Å². The summed E-state index contributed by atoms with van der Waals surface area (Å²) in [5.41, 5.74) is -6.29. The fraction of sp³-hybridized carbons (Fsp3) is 0.0556. The molecule has 0 N–H and O–H groups in total. The van der Waals surface area contributed by atoms with Crippen molar-refractivity contribution < 1.29 is 35.1 Å². The summed E-state index contributed by atoms with van der Waals surface area (Å²) in [6.07, 6.45) is -5.09. The van der Waals surface area contributed by atoms with Crippen molar-refractivity contribution in [1.82, 2.24) is 0 Å². The summed E-state index contributed by atoms with van der Waals surface area (Å²) < 4.78 is 125. The summed E-state index contributed by atoms with van der Waals surface area (Å²) in [5.74, 6) is -4.74. The highest BCUT2D eigenvalue weighted by Gasteiger charge is 2.51. The van der Waals surface area contributed by atoms with E-state index in [9.17, 15) is 13.2 Å². The Balaban J connectivity index is 1.71. The number of fused-ring (bicyclic) bond motifs is 4. The van der Waals surface area contributed by atoms with Gasteiger partial charge in [-0.25, -0.2) is 8.78 Å². The average molecular weight is 633 g/mol. The molecule has 2 aliphatic heterocycles. The highest BCUT2D eigenvalue weighted by molar-refractivity contribution is 5.99. The number of hydrogen-bond acceptors (Lipinski definition) is 2. The molecule has 0 saturated heterocycles. The third kappa shape index (κ3) is 4.63. The maximum absolute atomic E-state index is 16.4. The first kappa shape index (κ1) is 29.3. The topological polar surface area (TPSA) is 6.48 Å². The molecule has 46 heavy (non-hydrogen) atoms. The van der Waals surface area contributed by atoms with E-state index in [2.05, 4.69) is 0 Å². The number of rotatable bonds is 2. The molecule has 0 radical (unpaired) electrons. The van der Waals surface area contributed by atoms with Crippen molar-refractivity contribution in [3.8, 4) is 0 Å². The lowest BCUT2D eigenvalue weighted by atomic mass is 9.96. The van der Waals surface area contributed by atoms with Crippen molar-refractivity contribution in [2.24, 2.45) is 0 Å². The molecule has 10 heteroatoms. The summed E-state index contributed by atoms with van der Waals surface area (Å²) in [5, 5.41) is 0. The predicted molar refractivity (Wildman–Crippen MR) is 164 cm³/mol. The molecule has 0 aliphatic carbocycles. The number of hydrogen-bond donors (Lipinski definition) is 0. The normalized spacial score (nSPS) is 13.8. The van der Waals surface area contributed by atoms with Crippen LogP contribution in [0.2, 0.25) is 0 Å². The Kier molecular flexibility index (Phi) is 6.77. The summed E-state index contributed by atoms with van der Waals surface area (Å²) >= 11 is 0. The number of halogens is 8. The molecule has 0 unspecified atom stereocenters. The number of para-hydroxylation sites is 4. The van der Waals surface area contributed by atoms with Crippen LogP contribution in [-0.2, 0) is 12.4 Å². The lowest BCUT2D eigenvalue weighted by Crippen LogP contribution is -2.28. The lowest BCUT2D eigenvalue weighted by molar-refractivity contribution is -0.143. The Morgan fingerprint density at radius 3 is 1.00 bits per heavy atom. The largest absolute Gasteiger partial charge is 0.421 e. The third-order valence-electron chi connectivity index (χ3n) is 7.94. The van der Waals surface area contributed by atoms with E-state index in [0.29, 0.717) is 11.1 Å². The van der Waals surface area contributed by atoms with Crippen LogP contribution in [0.3, 0.4) is 0 Å². The molecule has 5 aromatic carbocycles. The fourth-order valence-corrected chi connectivity index (χ4v) is 6.05. The Morgan fingerprint density at radius 1 is 0.370 bits per heavy atom. The molecule has 2 heterocycles. The Bertz CT molecular complexity index is 1980. The second kappa shape index (κ2) is 10.6. The van der Waals surface area contributed by atoms with Gasteiger partial charge in [-0.1, -0.05) is 97.1 Å². The first-order valence-corrected chi connectivity index (χ1v) is 14.0. The highest BCUT2D eigenvalue weighted by Crippen LogP contribution is 2.58. The molecule has 0 aromatic heterocycles. The quantitative estimate of drug-likeness (QED) is 0.175. The van der Waals surface area contributed by atoms with Gasteiger partial charge in [0.1, 0.15) is 11.1 Å². The minimum absolute atomic E-state index is 0.0107. The monoisotopic (exact) mass is 632 g/mol. The van der Waals surface area contributed by atoms with E-state index in [1.54, 1.807) is 60.7 Å². The second-order valence-corrected chi connectivity index (χ2v) is 10.6. The predicted octanol–water partition coefficient (Wildman–Crippen LogP) is 11.9. The molecule has 0 atom stereocenters. The van der Waals surface area contributed by atoms with E-state index in [1.165, 1.54) is 60.7 Å². The van der Waals surface area contributed by atoms with Crippen LogP contribution in [0.15, 0.2) is 97.1 Å². The first-order chi connectivity index (χ1) is 22.0. The zero-order valence-corrected chi connectivity index (χ0v) is 23.5. The molecule has 0 amide bonds. The summed E-state index contributed by atoms with van der Waals surface area (Å²) in [4.78, 5) is 1.58. The van der Waals surface area contributed by atoms with Gasteiger partial charge in [0.25, 0.3) is 0 Å². The number of alkyl halides is 6. The molecular weight excluding hydrogens is 612 g/mol. The zero-order chi connectivity index (χ0) is 32.4. The zero-order valence-electron chi connectivity index (χ0n) is 23.5. The standard InChI is InChI=1S/C36H20F8N2/c37-31-29(35(39,40)41)33(45-25-13-5-1-9-21(25)17-18-22-10-2-6-14-26(22)45)30(36(42,43)44)34(32(31)38)46-27-15-7-3-11-23(27)19-20-24-12-4-8-16-28(24)46/h1-20H. The van der Waals surface area contributed by atoms with Gasteiger partial charge in [0, 0.05) is 0 Å². The van der Waals surface area contributed by atoms with Crippen LogP contribution in [0.25, 0.3) is 24.3 Å². The average Bonchev–Trinajstić information content (AvgIpc) is 3.29. The van der Waals surface area contributed by atoms with Crippen LogP contribution < -0.4 is 9.80 Å². The molecule has 0 saturated carbocycles. The van der Waals surface area contributed by atoms with Crippen LogP contribution >= 0.6 is 0 Å². The Morgan fingerprint density at radius 2 is 0.674 bits per heavy atom. The van der Waals surface area contributed by atoms with Crippen molar-refractivity contribution in [3.63, 3.8) is 0 Å². The number of benzene rings is 5. The van der Waals surface area contributed by atoms with Gasteiger partial charge >= 0.3 is 12.4 Å². The van der Waals surface area contributed by atoms with Crippen LogP contribution in [0, 0.1) is 11.6 Å². The van der Waals surface area contributed by atoms with Crippen LogP contribution in [0.4, 0.5) is 69.2 Å². The van der Waals surface area contributed by atoms with Crippen LogP contribution in [-0.4, -0.2) is 0 Å². The summed E-state index contributed by atoms with van der Waals surface area (Å²) in [6.45, 7) is 0. The van der Waals surface area contributed by atoms with Gasteiger partial charge in [-0.15, -0.1) is 0 Å². The van der Waals surface area contributed by atoms with Crippen LogP contribution in [0.5, 0.6) is 0 Å². The highest BCUT2D eigenvalue weighted by atomic mass is 19.4. The molecule has 5 aromatic rings. The van der Waals surface area contributed by atoms with Gasteiger partial charge < -0.3 is 9.80 Å². The maximum Gasteiger partial charge on any atom is 0.421 e. The molecule has 0 fully saturated rings. The molecule has 0 spiro atoms. The van der Waals surface area contributed by atoms with Gasteiger partial charge in [0.15, 0.2) is 11.6 Å². The smallest absolute Gasteiger partial charge is 0.308 e. The van der Waals surface area contributed by atoms with Gasteiger partial charge in [0.2, 0.25) is 0 Å². The molecule has 2 nitrogen and oxygen atoms in total. The molecule has 2 aliphatic rings. The number of nitrogens with zero attached hydrogens (tertiary/aromatic N) is 2. The minimum Gasteiger partial charge on any atom is -0.308 e. The second-order valence-electron chi connectivity index (χ2n) is 10.6. The molecule has 0 bridgehead atoms. The summed E-state index contributed by atoms with van der Waals surface area (Å²) in [6, 6.07) is 23.9. The summed E-state index contributed by atoms with van der Waals surface area (Å²) in [7, 11) is 0. The van der Waals surface area contributed by atoms with E-state index in [4.69, 9.17) is 0 Å². The van der Waals surface area contributed by atoms with E-state index in [1.807, 2.05) is 0 Å². The van der Waals surface area contributed by atoms with Crippen molar-refractivity contribution >= 4 is 58.4 Å². The van der Waals surface area contributed by atoms with Gasteiger partial charge in [-0.2, -0.15) is 26.3 Å². The Labute approximate surface area is 257 Å². The van der Waals surface area contributed by atoms with Gasteiger partial charge in [-0.05, 0) is 46.5 Å². The van der Waals surface area contributed by atoms with E-state index in [-0.39, 0.29) is 33.9 Å². The molecule has 230 valence electrons. The van der Waals surface area contributed by atoms with Crippen molar-refractivity contribution in [3.05, 3.63) is 142 Å². The third-order valence-corrected chi connectivity index (χ3v) is 7.94.